The highest BCUT2D eigenvalue weighted by molar-refractivity contribution is 7.13. The number of benzene rings is 1. The fraction of sp³-hybridized carbons (Fsp3) is 0.0769. The maximum Gasteiger partial charge on any atom is 0.214 e. The van der Waals surface area contributed by atoms with Gasteiger partial charge in [0.25, 0.3) is 0 Å². The topological polar surface area (TPSA) is 60.7 Å². The number of hydrogen-bond acceptors (Lipinski definition) is 5. The second-order valence-electron chi connectivity index (χ2n) is 3.91. The number of carbonyl (C=O) groups excluding carboxylic acids is 1. The molecule has 94 valence electrons. The summed E-state index contributed by atoms with van der Waals surface area (Å²) in [5, 5.41) is 14.0. The summed E-state index contributed by atoms with van der Waals surface area (Å²) in [6.45, 7) is 0.0996. The van der Waals surface area contributed by atoms with Crippen LogP contribution in [0.4, 0.5) is 0 Å². The van der Waals surface area contributed by atoms with E-state index in [0.29, 0.717) is 11.4 Å². The van der Waals surface area contributed by atoms with E-state index in [1.165, 1.54) is 4.80 Å². The molecule has 2 heterocycles. The monoisotopic (exact) mass is 270 g/mol. The van der Waals surface area contributed by atoms with E-state index in [2.05, 4.69) is 15.4 Å². The SMILES string of the molecule is O=C(Cn1nnc(-c2cccs2)n1)c1ccccc1. The van der Waals surface area contributed by atoms with E-state index < -0.39 is 0 Å². The molecule has 0 amide bonds. The number of tetrazole rings is 1. The minimum Gasteiger partial charge on any atom is -0.292 e. The Labute approximate surface area is 113 Å². The van der Waals surface area contributed by atoms with E-state index in [1.807, 2.05) is 35.7 Å². The van der Waals surface area contributed by atoms with Crippen molar-refractivity contribution in [2.75, 3.05) is 0 Å². The van der Waals surface area contributed by atoms with Gasteiger partial charge in [-0.15, -0.1) is 21.5 Å². The molecule has 0 bridgehead atoms. The number of Topliss-reactive ketones (excluding diaryl/α,β-unsaturated/α-hetero) is 1. The standard InChI is InChI=1S/C13H10N4OS/c18-11(10-5-2-1-3-6-10)9-17-15-13(14-16-17)12-7-4-8-19-12/h1-8H,9H2. The summed E-state index contributed by atoms with van der Waals surface area (Å²) in [5.41, 5.74) is 0.650. The molecular formula is C13H10N4OS. The number of rotatable bonds is 4. The van der Waals surface area contributed by atoms with Crippen LogP contribution >= 0.6 is 11.3 Å². The van der Waals surface area contributed by atoms with Crippen LogP contribution in [0.2, 0.25) is 0 Å². The molecule has 1 aromatic carbocycles. The third-order valence-corrected chi connectivity index (χ3v) is 3.44. The first-order valence-electron chi connectivity index (χ1n) is 5.73. The van der Waals surface area contributed by atoms with E-state index in [1.54, 1.807) is 23.5 Å². The zero-order chi connectivity index (χ0) is 13.1. The van der Waals surface area contributed by atoms with Crippen LogP contribution in [-0.2, 0) is 6.54 Å². The zero-order valence-electron chi connectivity index (χ0n) is 9.93. The first-order chi connectivity index (χ1) is 9.33. The van der Waals surface area contributed by atoms with E-state index >= 15 is 0 Å². The van der Waals surface area contributed by atoms with Gasteiger partial charge >= 0.3 is 0 Å². The van der Waals surface area contributed by atoms with E-state index in [-0.39, 0.29) is 12.3 Å². The average molecular weight is 270 g/mol. The number of thiophene rings is 1. The van der Waals surface area contributed by atoms with Gasteiger partial charge in [0.05, 0.1) is 4.88 Å². The van der Waals surface area contributed by atoms with Crippen LogP contribution < -0.4 is 0 Å². The zero-order valence-corrected chi connectivity index (χ0v) is 10.7. The maximum atomic E-state index is 12.0. The lowest BCUT2D eigenvalue weighted by molar-refractivity contribution is 0.0961. The number of carbonyl (C=O) groups is 1. The highest BCUT2D eigenvalue weighted by Gasteiger charge is 2.11. The van der Waals surface area contributed by atoms with Crippen molar-refractivity contribution in [2.24, 2.45) is 0 Å². The molecule has 0 atom stereocenters. The number of ketones is 1. The lowest BCUT2D eigenvalue weighted by Gasteiger charge is -1.98. The molecule has 19 heavy (non-hydrogen) atoms. The first kappa shape index (κ1) is 11.7. The molecule has 0 spiro atoms. The third kappa shape index (κ3) is 2.58. The Balaban J connectivity index is 1.76. The van der Waals surface area contributed by atoms with Gasteiger partial charge in [-0.3, -0.25) is 4.79 Å². The molecule has 6 heteroatoms. The fourth-order valence-corrected chi connectivity index (χ4v) is 2.31. The Morgan fingerprint density at radius 2 is 2.00 bits per heavy atom. The summed E-state index contributed by atoms with van der Waals surface area (Å²) in [7, 11) is 0. The van der Waals surface area contributed by atoms with Gasteiger partial charge in [-0.1, -0.05) is 36.4 Å². The van der Waals surface area contributed by atoms with Crippen molar-refractivity contribution in [3.8, 4) is 10.7 Å². The first-order valence-corrected chi connectivity index (χ1v) is 6.61. The van der Waals surface area contributed by atoms with Crippen molar-refractivity contribution in [2.45, 2.75) is 6.54 Å². The lowest BCUT2D eigenvalue weighted by Crippen LogP contribution is -2.13. The fourth-order valence-electron chi connectivity index (χ4n) is 1.66. The van der Waals surface area contributed by atoms with Crippen LogP contribution in [0.15, 0.2) is 47.8 Å². The average Bonchev–Trinajstić information content (AvgIpc) is 3.10. The number of hydrogen-bond donors (Lipinski definition) is 0. The normalized spacial score (nSPS) is 10.5. The van der Waals surface area contributed by atoms with Crippen LogP contribution in [0.25, 0.3) is 10.7 Å². The van der Waals surface area contributed by atoms with Gasteiger partial charge in [0, 0.05) is 5.56 Å². The molecule has 0 unspecified atom stereocenters. The van der Waals surface area contributed by atoms with Crippen molar-refractivity contribution in [1.82, 2.24) is 20.2 Å². The van der Waals surface area contributed by atoms with Crippen LogP contribution in [0.5, 0.6) is 0 Å². The van der Waals surface area contributed by atoms with Crippen molar-refractivity contribution < 1.29 is 4.79 Å². The van der Waals surface area contributed by atoms with Crippen molar-refractivity contribution in [3.05, 3.63) is 53.4 Å². The lowest BCUT2D eigenvalue weighted by atomic mass is 10.1. The second-order valence-corrected chi connectivity index (χ2v) is 4.86. The highest BCUT2D eigenvalue weighted by atomic mass is 32.1. The van der Waals surface area contributed by atoms with Crippen LogP contribution in [0.1, 0.15) is 10.4 Å². The molecule has 0 aliphatic heterocycles. The molecule has 2 aromatic heterocycles. The quantitative estimate of drug-likeness (QED) is 0.682. The van der Waals surface area contributed by atoms with Gasteiger partial charge in [-0.2, -0.15) is 4.80 Å². The van der Waals surface area contributed by atoms with Crippen LogP contribution in [-0.4, -0.2) is 26.0 Å². The van der Waals surface area contributed by atoms with Crippen LogP contribution in [0.3, 0.4) is 0 Å². The molecule has 0 radical (unpaired) electrons. The second kappa shape index (κ2) is 5.11. The maximum absolute atomic E-state index is 12.0. The Hall–Kier alpha value is -2.34. The smallest absolute Gasteiger partial charge is 0.214 e. The predicted octanol–water partition coefficient (Wildman–Crippen LogP) is 2.28. The molecule has 3 rings (SSSR count). The minimum absolute atomic E-state index is 0.0317. The van der Waals surface area contributed by atoms with Crippen molar-refractivity contribution >= 4 is 17.1 Å². The summed E-state index contributed by atoms with van der Waals surface area (Å²) in [5.74, 6) is 0.520. The molecule has 0 fully saturated rings. The minimum atomic E-state index is -0.0317. The highest BCUT2D eigenvalue weighted by Crippen LogP contribution is 2.19. The van der Waals surface area contributed by atoms with Crippen molar-refractivity contribution in [1.29, 1.82) is 0 Å². The Morgan fingerprint density at radius 1 is 1.16 bits per heavy atom. The number of aromatic nitrogens is 4. The van der Waals surface area contributed by atoms with Crippen LogP contribution in [0, 0.1) is 0 Å². The van der Waals surface area contributed by atoms with Gasteiger partial charge in [-0.05, 0) is 16.7 Å². The van der Waals surface area contributed by atoms with Crippen molar-refractivity contribution in [3.63, 3.8) is 0 Å². The molecule has 0 saturated carbocycles. The Kier molecular flexibility index (Phi) is 3.16. The number of nitrogens with zero attached hydrogens (tertiary/aromatic N) is 4. The molecule has 0 N–H and O–H groups in total. The van der Waals surface area contributed by atoms with Gasteiger partial charge in [0.15, 0.2) is 5.78 Å². The summed E-state index contributed by atoms with van der Waals surface area (Å²) in [6, 6.07) is 12.9. The molecule has 0 aliphatic carbocycles. The van der Waals surface area contributed by atoms with E-state index in [0.717, 1.165) is 4.88 Å². The summed E-state index contributed by atoms with van der Waals surface area (Å²) in [4.78, 5) is 14.3. The third-order valence-electron chi connectivity index (χ3n) is 2.58. The predicted molar refractivity (Wildman–Crippen MR) is 71.9 cm³/mol. The molecule has 0 saturated heterocycles. The molecule has 0 aliphatic rings. The summed E-state index contributed by atoms with van der Waals surface area (Å²) in [6.07, 6.45) is 0. The van der Waals surface area contributed by atoms with Gasteiger partial charge in [-0.25, -0.2) is 0 Å². The summed E-state index contributed by atoms with van der Waals surface area (Å²) >= 11 is 1.54. The van der Waals surface area contributed by atoms with Gasteiger partial charge in [0.1, 0.15) is 6.54 Å². The summed E-state index contributed by atoms with van der Waals surface area (Å²) < 4.78 is 0. The van der Waals surface area contributed by atoms with E-state index in [9.17, 15) is 4.79 Å². The largest absolute Gasteiger partial charge is 0.292 e. The van der Waals surface area contributed by atoms with Gasteiger partial charge in [0.2, 0.25) is 5.82 Å². The molecule has 3 aromatic rings. The molecule has 5 nitrogen and oxygen atoms in total. The Morgan fingerprint density at radius 3 is 2.74 bits per heavy atom. The molecular weight excluding hydrogens is 260 g/mol. The van der Waals surface area contributed by atoms with Gasteiger partial charge < -0.3 is 0 Å². The Bertz CT molecular complexity index is 676. The van der Waals surface area contributed by atoms with E-state index in [4.69, 9.17) is 0 Å².